The molecule has 31 nitrogen and oxygen atoms in total. The van der Waals surface area contributed by atoms with Crippen LogP contribution in [0.4, 0.5) is 17.7 Å². The van der Waals surface area contributed by atoms with Gasteiger partial charge in [0.2, 0.25) is 11.9 Å². The van der Waals surface area contributed by atoms with Gasteiger partial charge in [-0.1, -0.05) is 6.92 Å². The molecule has 0 amide bonds. The molecule has 3 aliphatic rings. The van der Waals surface area contributed by atoms with E-state index in [1.54, 1.807) is 13.8 Å². The standard InChI is InChI=1S/C34H45N15O16P2/c1-12-15(62-31(20(12)57-3)49-11-42-19-27(49)44-34(37)46-29(19)52)6-59-67(55,56)65-22-14(5-50)30(48-10-41-18-26(48)43-33(36)45-28(18)51)63-16(22)7-60-66(53,54)64-21-13(2)61-32(23(21)58-4)47-9-40-17-24(35)38-8-39-25(17)47/h8-16,20-23,30-32,50H,5-7H2,1-4H3,(H,53,54)(H,55,56)(H2,35,38,39)(H3,36,43,45,51)(H3,37,44,46,52)/t12-,13+,14?,15+,16+,20?,21-,22+,23?,30+,31+,32+/m0/s1. The summed E-state index contributed by atoms with van der Waals surface area (Å²) in [6, 6.07) is 0. The van der Waals surface area contributed by atoms with Crippen molar-refractivity contribution in [1.82, 2.24) is 58.6 Å². The first-order chi connectivity index (χ1) is 31.9. The summed E-state index contributed by atoms with van der Waals surface area (Å²) in [4.78, 5) is 81.2. The molecule has 33 heteroatoms. The van der Waals surface area contributed by atoms with Crippen molar-refractivity contribution in [3.63, 3.8) is 0 Å². The fourth-order valence-electron chi connectivity index (χ4n) is 8.58. The van der Waals surface area contributed by atoms with Crippen LogP contribution in [-0.2, 0) is 50.9 Å². The van der Waals surface area contributed by atoms with Gasteiger partial charge in [0.15, 0.2) is 46.2 Å². The zero-order chi connectivity index (χ0) is 47.7. The average Bonchev–Trinajstić information content (AvgIpc) is 4.13. The number of ether oxygens (including phenoxy) is 5. The van der Waals surface area contributed by atoms with Crippen molar-refractivity contribution in [3.05, 3.63) is 46.0 Å². The maximum atomic E-state index is 13.9. The number of aromatic amines is 2. The number of hydrogen-bond acceptors (Lipinski definition) is 24. The molecule has 3 aliphatic heterocycles. The number of nitrogens with one attached hydrogen (secondary N) is 2. The van der Waals surface area contributed by atoms with Gasteiger partial charge in [-0.25, -0.2) is 34.0 Å². The van der Waals surface area contributed by atoms with E-state index >= 15 is 0 Å². The third kappa shape index (κ3) is 8.60. The van der Waals surface area contributed by atoms with Gasteiger partial charge in [-0.3, -0.25) is 51.4 Å². The molecule has 6 aromatic heterocycles. The first kappa shape index (κ1) is 46.7. The molecular weight excluding hydrogens is 936 g/mol. The van der Waals surface area contributed by atoms with E-state index in [9.17, 15) is 33.6 Å². The Labute approximate surface area is 375 Å². The van der Waals surface area contributed by atoms with Gasteiger partial charge in [0, 0.05) is 20.1 Å². The van der Waals surface area contributed by atoms with Gasteiger partial charge in [-0.05, 0) is 6.92 Å². The summed E-state index contributed by atoms with van der Waals surface area (Å²) in [5, 5.41) is 10.8. The van der Waals surface area contributed by atoms with Gasteiger partial charge in [-0.15, -0.1) is 0 Å². The Morgan fingerprint density at radius 2 is 1.18 bits per heavy atom. The van der Waals surface area contributed by atoms with Crippen LogP contribution in [0.25, 0.3) is 33.5 Å². The van der Waals surface area contributed by atoms with Crippen molar-refractivity contribution in [2.75, 3.05) is 51.2 Å². The molecule has 9 rings (SSSR count). The Morgan fingerprint density at radius 3 is 1.76 bits per heavy atom. The first-order valence-electron chi connectivity index (χ1n) is 20.2. The second-order valence-corrected chi connectivity index (χ2v) is 18.6. The quantitative estimate of drug-likeness (QED) is 0.0530. The molecule has 11 N–H and O–H groups in total. The number of aliphatic hydroxyl groups is 1. The summed E-state index contributed by atoms with van der Waals surface area (Å²) < 4.78 is 84.0. The number of nitrogens with two attached hydrogens (primary N) is 3. The summed E-state index contributed by atoms with van der Waals surface area (Å²) in [5.74, 6) is -2.14. The van der Waals surface area contributed by atoms with Crippen molar-refractivity contribution >= 4 is 66.9 Å². The summed E-state index contributed by atoms with van der Waals surface area (Å²) in [7, 11) is -7.55. The van der Waals surface area contributed by atoms with Gasteiger partial charge in [0.25, 0.3) is 11.1 Å². The van der Waals surface area contributed by atoms with Gasteiger partial charge in [0.1, 0.15) is 48.6 Å². The Hall–Kier alpha value is -5.37. The molecule has 3 saturated heterocycles. The Kier molecular flexibility index (Phi) is 12.5. The van der Waals surface area contributed by atoms with Gasteiger partial charge in [-0.2, -0.15) is 9.97 Å². The van der Waals surface area contributed by atoms with E-state index in [1.165, 1.54) is 46.9 Å². The van der Waals surface area contributed by atoms with Crippen LogP contribution in [0.1, 0.15) is 32.5 Å². The molecule has 6 aromatic rings. The highest BCUT2D eigenvalue weighted by Gasteiger charge is 2.53. The molecule has 14 atom stereocenters. The number of hydrogen-bond donors (Lipinski definition) is 8. The normalized spacial score (nSPS) is 30.7. The van der Waals surface area contributed by atoms with Crippen molar-refractivity contribution in [2.45, 2.75) is 75.3 Å². The SMILES string of the molecule is COC1[C@@H](C)[C@@H](COP(=O)(O)O[C@@H]2C(CO)[C@H](n3cnc4c(=O)[nH]c(N)nc43)O[C@@H]2COP(=O)(O)O[C@@H]2C(OC)[C@H](n3cnc4c(N)ncnc43)O[C@@H]2C)O[C@H]1n1cnc2c(=O)[nH]c(N)nc21. The highest BCUT2D eigenvalue weighted by molar-refractivity contribution is 7.47. The van der Waals surface area contributed by atoms with E-state index in [0.29, 0.717) is 5.65 Å². The van der Waals surface area contributed by atoms with Crippen LogP contribution < -0.4 is 28.3 Å². The number of fused-ring (bicyclic) bond motifs is 3. The van der Waals surface area contributed by atoms with Gasteiger partial charge in [0.05, 0.1) is 56.9 Å². The first-order valence-corrected chi connectivity index (χ1v) is 23.2. The zero-order valence-electron chi connectivity index (χ0n) is 35.6. The number of phosphoric acid groups is 2. The smallest absolute Gasteiger partial charge is 0.396 e. The third-order valence-electron chi connectivity index (χ3n) is 11.8. The average molecular weight is 982 g/mol. The molecule has 67 heavy (non-hydrogen) atoms. The molecular formula is C34H45N15O16P2. The zero-order valence-corrected chi connectivity index (χ0v) is 37.4. The highest BCUT2D eigenvalue weighted by Crippen LogP contribution is 2.54. The van der Waals surface area contributed by atoms with Crippen LogP contribution in [0.2, 0.25) is 0 Å². The number of phosphoric ester groups is 2. The number of imidazole rings is 3. The van der Waals surface area contributed by atoms with E-state index in [0.717, 1.165) is 6.33 Å². The lowest BCUT2D eigenvalue weighted by molar-refractivity contribution is -0.0635. The summed E-state index contributed by atoms with van der Waals surface area (Å²) >= 11 is 0. The minimum Gasteiger partial charge on any atom is -0.396 e. The number of nitrogens with zero attached hydrogens (tertiary/aromatic N) is 10. The predicted molar refractivity (Wildman–Crippen MR) is 225 cm³/mol. The van der Waals surface area contributed by atoms with E-state index in [2.05, 4.69) is 44.9 Å². The highest BCUT2D eigenvalue weighted by atomic mass is 31.2. The number of methoxy groups -OCH3 is 2. The second kappa shape index (κ2) is 17.9. The van der Waals surface area contributed by atoms with Crippen LogP contribution in [0.15, 0.2) is 34.9 Å². The van der Waals surface area contributed by atoms with Crippen molar-refractivity contribution in [1.29, 1.82) is 0 Å². The number of aliphatic hydroxyl groups excluding tert-OH is 1. The van der Waals surface area contributed by atoms with Crippen LogP contribution in [0, 0.1) is 11.8 Å². The van der Waals surface area contributed by atoms with Gasteiger partial charge >= 0.3 is 15.6 Å². The van der Waals surface area contributed by atoms with E-state index in [1.807, 2.05) is 0 Å². The summed E-state index contributed by atoms with van der Waals surface area (Å²) in [6.45, 7) is 1.08. The molecule has 0 saturated carbocycles. The maximum Gasteiger partial charge on any atom is 0.472 e. The van der Waals surface area contributed by atoms with Crippen LogP contribution >= 0.6 is 15.6 Å². The van der Waals surface area contributed by atoms with Crippen molar-refractivity contribution in [2.24, 2.45) is 11.8 Å². The predicted octanol–water partition coefficient (Wildman–Crippen LogP) is -1.17. The van der Waals surface area contributed by atoms with Crippen LogP contribution in [0.5, 0.6) is 0 Å². The fraction of sp³-hybridized carbons (Fsp3) is 0.559. The molecule has 362 valence electrons. The Balaban J connectivity index is 0.940. The Bertz CT molecular complexity index is 3020. The number of anilines is 3. The molecule has 9 heterocycles. The van der Waals surface area contributed by atoms with Crippen molar-refractivity contribution < 1.29 is 65.8 Å². The molecule has 3 fully saturated rings. The number of H-pyrrole nitrogens is 2. The number of nitrogen functional groups attached to an aromatic ring is 3. The number of rotatable bonds is 16. The molecule has 0 bridgehead atoms. The van der Waals surface area contributed by atoms with Crippen molar-refractivity contribution in [3.8, 4) is 0 Å². The minimum absolute atomic E-state index is 0.0160. The molecule has 5 unspecified atom stereocenters. The lowest BCUT2D eigenvalue weighted by atomic mass is 10.0. The Morgan fingerprint density at radius 1 is 0.672 bits per heavy atom. The molecule has 0 spiro atoms. The second-order valence-electron chi connectivity index (χ2n) is 15.8. The molecule has 0 aromatic carbocycles. The van der Waals surface area contributed by atoms with Crippen LogP contribution in [-0.4, -0.2) is 150 Å². The minimum atomic E-state index is -5.19. The topological polar surface area (TPSA) is 427 Å². The fourth-order valence-corrected chi connectivity index (χ4v) is 10.6. The largest absolute Gasteiger partial charge is 0.472 e. The summed E-state index contributed by atoms with van der Waals surface area (Å²) in [5.41, 5.74) is 16.7. The maximum absolute atomic E-state index is 13.9. The van der Waals surface area contributed by atoms with E-state index in [-0.39, 0.29) is 45.6 Å². The summed E-state index contributed by atoms with van der Waals surface area (Å²) in [6.07, 6.45) is -6.18. The monoisotopic (exact) mass is 981 g/mol. The lowest BCUT2D eigenvalue weighted by Crippen LogP contribution is -2.36. The lowest BCUT2D eigenvalue weighted by Gasteiger charge is -2.27. The van der Waals surface area contributed by atoms with E-state index < -0.39 is 120 Å². The number of aromatic nitrogens is 12. The van der Waals surface area contributed by atoms with E-state index in [4.69, 9.17) is 59.0 Å². The molecule has 0 radical (unpaired) electrons. The van der Waals surface area contributed by atoms with Crippen LogP contribution in [0.3, 0.4) is 0 Å². The third-order valence-corrected chi connectivity index (χ3v) is 13.7. The molecule has 0 aliphatic carbocycles. The van der Waals surface area contributed by atoms with Gasteiger partial charge < -0.3 is 55.8 Å².